The summed E-state index contributed by atoms with van der Waals surface area (Å²) in [6, 6.07) is 17.0. The van der Waals surface area contributed by atoms with E-state index in [4.69, 9.17) is 5.14 Å². The number of primary sulfonamides is 1. The second-order valence-corrected chi connectivity index (χ2v) is 8.29. The molecule has 1 heterocycles. The van der Waals surface area contributed by atoms with Crippen molar-refractivity contribution >= 4 is 10.0 Å². The molecule has 0 spiro atoms. The SMILES string of the molecule is Cc1cc(C)n(-c2ccc(CN[C@H](C)c3cccc(S(N)(=O)=O)c3)cc2)n1. The number of hydrogen-bond donors (Lipinski definition) is 2. The lowest BCUT2D eigenvalue weighted by molar-refractivity contribution is 0.572. The summed E-state index contributed by atoms with van der Waals surface area (Å²) in [5, 5.41) is 13.1. The number of hydrogen-bond acceptors (Lipinski definition) is 4. The van der Waals surface area contributed by atoms with Crippen LogP contribution in [0.5, 0.6) is 0 Å². The second-order valence-electron chi connectivity index (χ2n) is 6.73. The minimum atomic E-state index is -3.69. The van der Waals surface area contributed by atoms with Crippen molar-refractivity contribution in [3.8, 4) is 5.69 Å². The zero-order valence-corrected chi connectivity index (χ0v) is 16.5. The number of nitrogens with two attached hydrogens (primary N) is 1. The number of aromatic nitrogens is 2. The summed E-state index contributed by atoms with van der Waals surface area (Å²) in [6.45, 7) is 6.67. The van der Waals surface area contributed by atoms with Gasteiger partial charge in [-0.15, -0.1) is 0 Å². The zero-order chi connectivity index (χ0) is 19.6. The molecule has 7 heteroatoms. The smallest absolute Gasteiger partial charge is 0.238 e. The molecule has 2 aromatic carbocycles. The molecule has 3 rings (SSSR count). The Balaban J connectivity index is 1.67. The van der Waals surface area contributed by atoms with E-state index in [1.807, 2.05) is 49.7 Å². The van der Waals surface area contributed by atoms with E-state index in [0.717, 1.165) is 28.2 Å². The first-order valence-corrected chi connectivity index (χ1v) is 10.3. The molecular weight excluding hydrogens is 360 g/mol. The van der Waals surface area contributed by atoms with E-state index < -0.39 is 10.0 Å². The molecule has 27 heavy (non-hydrogen) atoms. The summed E-state index contributed by atoms with van der Waals surface area (Å²) < 4.78 is 24.9. The molecule has 0 aliphatic carbocycles. The van der Waals surface area contributed by atoms with Crippen molar-refractivity contribution in [1.82, 2.24) is 15.1 Å². The Hall–Kier alpha value is -2.48. The summed E-state index contributed by atoms with van der Waals surface area (Å²) >= 11 is 0. The van der Waals surface area contributed by atoms with Crippen LogP contribution in [0.3, 0.4) is 0 Å². The van der Waals surface area contributed by atoms with E-state index in [0.29, 0.717) is 6.54 Å². The maximum Gasteiger partial charge on any atom is 0.238 e. The molecule has 1 atom stereocenters. The van der Waals surface area contributed by atoms with Gasteiger partial charge in [-0.1, -0.05) is 24.3 Å². The van der Waals surface area contributed by atoms with E-state index in [1.165, 1.54) is 6.07 Å². The Morgan fingerprint density at radius 1 is 1.11 bits per heavy atom. The van der Waals surface area contributed by atoms with Crippen molar-refractivity contribution in [3.63, 3.8) is 0 Å². The molecular formula is C20H24N4O2S. The highest BCUT2D eigenvalue weighted by Gasteiger charge is 2.11. The minimum absolute atomic E-state index is 0.0117. The Morgan fingerprint density at radius 2 is 1.81 bits per heavy atom. The van der Waals surface area contributed by atoms with Crippen LogP contribution in [0.1, 0.15) is 35.5 Å². The van der Waals surface area contributed by atoms with E-state index in [1.54, 1.807) is 12.1 Å². The van der Waals surface area contributed by atoms with Gasteiger partial charge in [-0.05, 0) is 62.2 Å². The number of sulfonamides is 1. The maximum absolute atomic E-state index is 11.5. The highest BCUT2D eigenvalue weighted by Crippen LogP contribution is 2.18. The van der Waals surface area contributed by atoms with Crippen molar-refractivity contribution in [3.05, 3.63) is 77.1 Å². The fourth-order valence-corrected chi connectivity index (χ4v) is 3.56. The molecule has 0 amide bonds. The van der Waals surface area contributed by atoms with Crippen LogP contribution in [0.2, 0.25) is 0 Å². The van der Waals surface area contributed by atoms with Crippen molar-refractivity contribution in [2.75, 3.05) is 0 Å². The van der Waals surface area contributed by atoms with Crippen molar-refractivity contribution in [2.45, 2.75) is 38.3 Å². The van der Waals surface area contributed by atoms with Crippen LogP contribution in [0, 0.1) is 13.8 Å². The summed E-state index contributed by atoms with van der Waals surface area (Å²) in [5.74, 6) is 0. The van der Waals surface area contributed by atoms with Crippen molar-refractivity contribution in [1.29, 1.82) is 0 Å². The van der Waals surface area contributed by atoms with Crippen LogP contribution < -0.4 is 10.5 Å². The lowest BCUT2D eigenvalue weighted by Gasteiger charge is -2.15. The molecule has 3 aromatic rings. The first-order chi connectivity index (χ1) is 12.7. The van der Waals surface area contributed by atoms with Gasteiger partial charge in [-0.25, -0.2) is 18.2 Å². The van der Waals surface area contributed by atoms with Crippen molar-refractivity contribution in [2.24, 2.45) is 5.14 Å². The number of nitrogens with zero attached hydrogens (tertiary/aromatic N) is 2. The predicted molar refractivity (Wildman–Crippen MR) is 106 cm³/mol. The third-order valence-electron chi connectivity index (χ3n) is 4.49. The number of nitrogens with one attached hydrogen (secondary N) is 1. The van der Waals surface area contributed by atoms with Gasteiger partial charge in [0.05, 0.1) is 16.3 Å². The standard InChI is InChI=1S/C20H24N4O2S/c1-14-11-15(2)24(23-14)19-9-7-17(8-10-19)13-22-16(3)18-5-4-6-20(12-18)27(21,25)26/h4-12,16,22H,13H2,1-3H3,(H2,21,25,26)/t16-/m1/s1. The summed E-state index contributed by atoms with van der Waals surface area (Å²) in [6.07, 6.45) is 0. The van der Waals surface area contributed by atoms with Crippen LogP contribution in [0.25, 0.3) is 5.69 Å². The lowest BCUT2D eigenvalue weighted by atomic mass is 10.1. The van der Waals surface area contributed by atoms with Crippen LogP contribution in [0.4, 0.5) is 0 Å². The minimum Gasteiger partial charge on any atom is -0.306 e. The third kappa shape index (κ3) is 4.63. The second kappa shape index (κ2) is 7.64. The highest BCUT2D eigenvalue weighted by molar-refractivity contribution is 7.89. The summed E-state index contributed by atoms with van der Waals surface area (Å²) in [4.78, 5) is 0.128. The quantitative estimate of drug-likeness (QED) is 0.684. The summed E-state index contributed by atoms with van der Waals surface area (Å²) in [7, 11) is -3.69. The number of rotatable bonds is 6. The van der Waals surface area contributed by atoms with Gasteiger partial charge in [-0.2, -0.15) is 5.10 Å². The van der Waals surface area contributed by atoms with E-state index in [2.05, 4.69) is 22.5 Å². The molecule has 1 aromatic heterocycles. The van der Waals surface area contributed by atoms with Gasteiger partial charge in [0.1, 0.15) is 0 Å². The fourth-order valence-electron chi connectivity index (χ4n) is 2.99. The van der Waals surface area contributed by atoms with Gasteiger partial charge in [0.25, 0.3) is 0 Å². The van der Waals surface area contributed by atoms with Gasteiger partial charge >= 0.3 is 0 Å². The van der Waals surface area contributed by atoms with Gasteiger partial charge in [0, 0.05) is 18.3 Å². The van der Waals surface area contributed by atoms with E-state index in [9.17, 15) is 8.42 Å². The Kier molecular flexibility index (Phi) is 5.46. The van der Waals surface area contributed by atoms with Crippen LogP contribution in [0.15, 0.2) is 59.5 Å². The largest absolute Gasteiger partial charge is 0.306 e. The molecule has 0 unspecified atom stereocenters. The Bertz CT molecular complexity index is 1040. The van der Waals surface area contributed by atoms with Crippen molar-refractivity contribution < 1.29 is 8.42 Å². The van der Waals surface area contributed by atoms with E-state index >= 15 is 0 Å². The number of benzene rings is 2. The molecule has 0 saturated heterocycles. The van der Waals surface area contributed by atoms with Gasteiger partial charge < -0.3 is 5.32 Å². The Morgan fingerprint density at radius 3 is 2.41 bits per heavy atom. The number of aryl methyl sites for hydroxylation is 2. The first kappa shape index (κ1) is 19.3. The average molecular weight is 385 g/mol. The molecule has 0 bridgehead atoms. The molecule has 0 saturated carbocycles. The van der Waals surface area contributed by atoms with Crippen LogP contribution in [-0.4, -0.2) is 18.2 Å². The van der Waals surface area contributed by atoms with Gasteiger partial charge in [-0.3, -0.25) is 0 Å². The fraction of sp³-hybridized carbons (Fsp3) is 0.250. The molecule has 0 radical (unpaired) electrons. The first-order valence-electron chi connectivity index (χ1n) is 8.73. The van der Waals surface area contributed by atoms with Gasteiger partial charge in [0.2, 0.25) is 10.0 Å². The average Bonchev–Trinajstić information content (AvgIpc) is 2.97. The van der Waals surface area contributed by atoms with Crippen LogP contribution >= 0.6 is 0 Å². The molecule has 0 aliphatic heterocycles. The highest BCUT2D eigenvalue weighted by atomic mass is 32.2. The van der Waals surface area contributed by atoms with Crippen LogP contribution in [-0.2, 0) is 16.6 Å². The van der Waals surface area contributed by atoms with Gasteiger partial charge in [0.15, 0.2) is 0 Å². The normalized spacial score (nSPS) is 12.9. The molecule has 0 aliphatic rings. The monoisotopic (exact) mass is 384 g/mol. The molecule has 0 fully saturated rings. The molecule has 6 nitrogen and oxygen atoms in total. The topological polar surface area (TPSA) is 90.0 Å². The Labute approximate surface area is 160 Å². The van der Waals surface area contributed by atoms with E-state index in [-0.39, 0.29) is 10.9 Å². The molecule has 3 N–H and O–H groups in total. The zero-order valence-electron chi connectivity index (χ0n) is 15.7. The maximum atomic E-state index is 11.5. The lowest BCUT2D eigenvalue weighted by Crippen LogP contribution is -2.19. The predicted octanol–water partition coefficient (Wildman–Crippen LogP) is 2.99. The third-order valence-corrected chi connectivity index (χ3v) is 5.40. The summed E-state index contributed by atoms with van der Waals surface area (Å²) in [5.41, 5.74) is 5.13. The molecule has 142 valence electrons.